The van der Waals surface area contributed by atoms with Crippen molar-refractivity contribution in [1.29, 1.82) is 0 Å². The van der Waals surface area contributed by atoms with Gasteiger partial charge in [0.25, 0.3) is 5.91 Å². The zero-order chi connectivity index (χ0) is 15.7. The summed E-state index contributed by atoms with van der Waals surface area (Å²) in [5.41, 5.74) is 6.17. The summed E-state index contributed by atoms with van der Waals surface area (Å²) in [6.07, 6.45) is 0. The number of methoxy groups -OCH3 is 1. The minimum absolute atomic E-state index is 0.194. The smallest absolute Gasteiger partial charge is 0.266 e. The molecule has 0 saturated heterocycles. The van der Waals surface area contributed by atoms with Gasteiger partial charge in [-0.05, 0) is 11.6 Å². The van der Waals surface area contributed by atoms with Crippen LogP contribution >= 0.6 is 0 Å². The highest BCUT2D eigenvalue weighted by Crippen LogP contribution is 2.42. The maximum Gasteiger partial charge on any atom is 0.266 e. The molecule has 0 radical (unpaired) electrons. The fourth-order valence-electron chi connectivity index (χ4n) is 2.78. The number of hydrogen-bond acceptors (Lipinski definition) is 4. The van der Waals surface area contributed by atoms with E-state index in [-0.39, 0.29) is 11.9 Å². The lowest BCUT2D eigenvalue weighted by Crippen LogP contribution is -2.41. The Bertz CT molecular complexity index is 743. The second-order valence-electron chi connectivity index (χ2n) is 5.11. The van der Waals surface area contributed by atoms with Crippen LogP contribution in [0.3, 0.4) is 0 Å². The Kier molecular flexibility index (Phi) is 3.33. The number of benzene rings is 2. The zero-order valence-corrected chi connectivity index (χ0v) is 12.5. The van der Waals surface area contributed by atoms with Gasteiger partial charge in [-0.15, -0.1) is 0 Å². The lowest BCUT2D eigenvalue weighted by molar-refractivity contribution is -0.129. The van der Waals surface area contributed by atoms with Crippen molar-refractivity contribution < 1.29 is 9.53 Å². The Hall–Kier alpha value is -2.82. The number of carbonyl (C=O) groups excluding carboxylic acids is 1. The van der Waals surface area contributed by atoms with Gasteiger partial charge < -0.3 is 10.5 Å². The van der Waals surface area contributed by atoms with Crippen LogP contribution in [0.1, 0.15) is 11.1 Å². The van der Waals surface area contributed by atoms with Gasteiger partial charge in [-0.2, -0.15) is 0 Å². The van der Waals surface area contributed by atoms with Gasteiger partial charge in [0.2, 0.25) is 0 Å². The number of para-hydroxylation sites is 1. The molecule has 5 heteroatoms. The van der Waals surface area contributed by atoms with E-state index in [1.807, 2.05) is 54.6 Å². The van der Waals surface area contributed by atoms with E-state index in [4.69, 9.17) is 10.5 Å². The highest BCUT2D eigenvalue weighted by Gasteiger charge is 2.50. The van der Waals surface area contributed by atoms with Crippen molar-refractivity contribution in [3.63, 3.8) is 0 Å². The number of amides is 1. The van der Waals surface area contributed by atoms with E-state index < -0.39 is 5.54 Å². The molecule has 22 heavy (non-hydrogen) atoms. The summed E-state index contributed by atoms with van der Waals surface area (Å²) in [4.78, 5) is 18.9. The molecule has 1 aliphatic rings. The van der Waals surface area contributed by atoms with E-state index >= 15 is 0 Å². The first-order chi connectivity index (χ1) is 10.6. The Balaban J connectivity index is 2.33. The molecule has 1 aliphatic heterocycles. The minimum atomic E-state index is -1.20. The van der Waals surface area contributed by atoms with Crippen molar-refractivity contribution in [1.82, 2.24) is 4.90 Å². The van der Waals surface area contributed by atoms with Gasteiger partial charge >= 0.3 is 0 Å². The van der Waals surface area contributed by atoms with Crippen LogP contribution < -0.4 is 10.5 Å². The monoisotopic (exact) mass is 295 g/mol. The summed E-state index contributed by atoms with van der Waals surface area (Å²) >= 11 is 0. The molecule has 2 aromatic rings. The number of ether oxygens (including phenoxy) is 1. The molecular formula is C17H17N3O2. The van der Waals surface area contributed by atoms with E-state index in [2.05, 4.69) is 4.99 Å². The van der Waals surface area contributed by atoms with Gasteiger partial charge in [0.05, 0.1) is 7.11 Å². The Morgan fingerprint density at radius 3 is 2.32 bits per heavy atom. The molecule has 0 bridgehead atoms. The van der Waals surface area contributed by atoms with Gasteiger partial charge in [-0.25, -0.2) is 4.99 Å². The van der Waals surface area contributed by atoms with Crippen LogP contribution in [0.25, 0.3) is 0 Å². The maximum absolute atomic E-state index is 13.0. The molecule has 2 N–H and O–H groups in total. The average molecular weight is 295 g/mol. The third-order valence-electron chi connectivity index (χ3n) is 3.93. The zero-order valence-electron chi connectivity index (χ0n) is 12.5. The fourth-order valence-corrected chi connectivity index (χ4v) is 2.78. The van der Waals surface area contributed by atoms with E-state index in [1.54, 1.807) is 14.2 Å². The number of hydrogen-bond donors (Lipinski definition) is 1. The van der Waals surface area contributed by atoms with Crippen LogP contribution in [-0.4, -0.2) is 30.9 Å². The third-order valence-corrected chi connectivity index (χ3v) is 3.93. The second-order valence-corrected chi connectivity index (χ2v) is 5.11. The molecule has 1 amide bonds. The van der Waals surface area contributed by atoms with Gasteiger partial charge in [0.1, 0.15) is 5.75 Å². The molecule has 0 saturated carbocycles. The van der Waals surface area contributed by atoms with Crippen LogP contribution in [0.2, 0.25) is 0 Å². The molecule has 1 heterocycles. The standard InChI is InChI=1S/C17H17N3O2/c1-20-15(21)17(19-16(20)18,12-8-4-3-5-9-12)13-10-6-7-11-14(13)22-2/h3-11H,1-2H3,(H2,18,19). The molecule has 0 fully saturated rings. The molecule has 1 unspecified atom stereocenters. The van der Waals surface area contributed by atoms with Gasteiger partial charge in [0.15, 0.2) is 11.5 Å². The third kappa shape index (κ3) is 1.86. The molecule has 2 aromatic carbocycles. The molecule has 1 atom stereocenters. The van der Waals surface area contributed by atoms with Crippen LogP contribution in [0.4, 0.5) is 0 Å². The summed E-state index contributed by atoms with van der Waals surface area (Å²) < 4.78 is 5.44. The average Bonchev–Trinajstić information content (AvgIpc) is 2.80. The fraction of sp³-hybridized carbons (Fsp3) is 0.176. The van der Waals surface area contributed by atoms with Crippen molar-refractivity contribution >= 4 is 11.9 Å². The first-order valence-electron chi connectivity index (χ1n) is 6.93. The summed E-state index contributed by atoms with van der Waals surface area (Å²) in [6, 6.07) is 16.8. The highest BCUT2D eigenvalue weighted by molar-refractivity contribution is 6.09. The number of nitrogens with two attached hydrogens (primary N) is 1. The number of guanidine groups is 1. The van der Waals surface area contributed by atoms with Gasteiger partial charge in [-0.1, -0.05) is 48.5 Å². The molecule has 0 aliphatic carbocycles. The molecule has 112 valence electrons. The Morgan fingerprint density at radius 1 is 1.09 bits per heavy atom. The predicted molar refractivity (Wildman–Crippen MR) is 84.6 cm³/mol. The summed E-state index contributed by atoms with van der Waals surface area (Å²) in [5, 5.41) is 0. The molecule has 0 aromatic heterocycles. The van der Waals surface area contributed by atoms with Gasteiger partial charge in [-0.3, -0.25) is 9.69 Å². The van der Waals surface area contributed by atoms with Gasteiger partial charge in [0, 0.05) is 12.6 Å². The van der Waals surface area contributed by atoms with E-state index in [9.17, 15) is 4.79 Å². The van der Waals surface area contributed by atoms with Crippen molar-refractivity contribution in [2.45, 2.75) is 5.54 Å². The normalized spacial score (nSPS) is 20.9. The lowest BCUT2D eigenvalue weighted by Gasteiger charge is -2.27. The van der Waals surface area contributed by atoms with Crippen molar-refractivity contribution in [2.75, 3.05) is 14.2 Å². The Labute approximate surface area is 129 Å². The first kappa shape index (κ1) is 14.1. The lowest BCUT2D eigenvalue weighted by atomic mass is 9.82. The van der Waals surface area contributed by atoms with Crippen LogP contribution in [-0.2, 0) is 10.3 Å². The SMILES string of the molecule is COc1ccccc1C1(c2ccccc2)N=C(N)N(C)C1=O. The topological polar surface area (TPSA) is 67.9 Å². The van der Waals surface area contributed by atoms with Crippen molar-refractivity contribution in [3.8, 4) is 5.75 Å². The van der Waals surface area contributed by atoms with Crippen LogP contribution in [0, 0.1) is 0 Å². The van der Waals surface area contributed by atoms with Crippen molar-refractivity contribution in [2.24, 2.45) is 10.7 Å². The highest BCUT2D eigenvalue weighted by atomic mass is 16.5. The quantitative estimate of drug-likeness (QED) is 0.937. The molecule has 0 spiro atoms. The van der Waals surface area contributed by atoms with E-state index in [0.717, 1.165) is 5.56 Å². The predicted octanol–water partition coefficient (Wildman–Crippen LogP) is 1.73. The van der Waals surface area contributed by atoms with Crippen LogP contribution in [0.5, 0.6) is 5.75 Å². The largest absolute Gasteiger partial charge is 0.496 e. The molecule has 5 nitrogen and oxygen atoms in total. The van der Waals surface area contributed by atoms with Crippen LogP contribution in [0.15, 0.2) is 59.6 Å². The van der Waals surface area contributed by atoms with Crippen molar-refractivity contribution in [3.05, 3.63) is 65.7 Å². The Morgan fingerprint density at radius 2 is 1.73 bits per heavy atom. The number of nitrogens with zero attached hydrogens (tertiary/aromatic N) is 2. The number of aliphatic imine (C=N–C) groups is 1. The number of likely N-dealkylation sites (N-methyl/N-ethyl adjacent to an activating group) is 1. The maximum atomic E-state index is 13.0. The first-order valence-corrected chi connectivity index (χ1v) is 6.93. The van der Waals surface area contributed by atoms with E-state index in [0.29, 0.717) is 11.3 Å². The number of rotatable bonds is 3. The summed E-state index contributed by atoms with van der Waals surface area (Å²) in [5.74, 6) is 0.604. The van der Waals surface area contributed by atoms with E-state index in [1.165, 1.54) is 4.90 Å². The number of carbonyl (C=O) groups is 1. The summed E-state index contributed by atoms with van der Waals surface area (Å²) in [6.45, 7) is 0. The molecule has 3 rings (SSSR count). The second kappa shape index (κ2) is 5.18. The minimum Gasteiger partial charge on any atom is -0.496 e. The molecular weight excluding hydrogens is 278 g/mol. The summed E-state index contributed by atoms with van der Waals surface area (Å²) in [7, 11) is 3.20.